The third-order valence-electron chi connectivity index (χ3n) is 2.06. The molecule has 1 aromatic rings. The van der Waals surface area contributed by atoms with Crippen LogP contribution in [0.2, 0.25) is 0 Å². The van der Waals surface area contributed by atoms with E-state index < -0.39 is 15.9 Å². The van der Waals surface area contributed by atoms with Gasteiger partial charge in [0, 0.05) is 6.26 Å². The lowest BCUT2D eigenvalue weighted by Crippen LogP contribution is -2.16. The molecule has 2 N–H and O–H groups in total. The van der Waals surface area contributed by atoms with E-state index in [9.17, 15) is 8.42 Å². The highest BCUT2D eigenvalue weighted by atomic mass is 32.2. The van der Waals surface area contributed by atoms with Gasteiger partial charge in [0.05, 0.1) is 18.3 Å². The maximum Gasteiger partial charge on any atom is 0.243 e. The van der Waals surface area contributed by atoms with Gasteiger partial charge in [-0.15, -0.1) is 0 Å². The van der Waals surface area contributed by atoms with Gasteiger partial charge < -0.3 is 15.2 Å². The molecule has 0 fully saturated rings. The summed E-state index contributed by atoms with van der Waals surface area (Å²) in [5.74, 6) is 0.838. The van der Waals surface area contributed by atoms with E-state index >= 15 is 0 Å². The van der Waals surface area contributed by atoms with Crippen LogP contribution in [0, 0.1) is 0 Å². The van der Waals surface area contributed by atoms with E-state index in [-0.39, 0.29) is 18.1 Å². The molecular weight excluding hydrogens is 244 g/mol. The van der Waals surface area contributed by atoms with Crippen molar-refractivity contribution in [2.45, 2.75) is 19.0 Å². The Labute approximate surface area is 101 Å². The predicted octanol–water partition coefficient (Wildman–Crippen LogP) is -0.434. The number of nitrogens with zero attached hydrogens (tertiary/aromatic N) is 3. The van der Waals surface area contributed by atoms with Crippen LogP contribution in [0.25, 0.3) is 0 Å². The van der Waals surface area contributed by atoms with Crippen molar-refractivity contribution in [2.75, 3.05) is 26.1 Å². The summed E-state index contributed by atoms with van der Waals surface area (Å²) in [7, 11) is 0.760. The summed E-state index contributed by atoms with van der Waals surface area (Å²) in [5, 5.41) is 3.76. The van der Waals surface area contributed by atoms with Gasteiger partial charge in [0.25, 0.3) is 0 Å². The minimum Gasteiger partial charge on any atom is -0.338 e. The molecule has 0 aliphatic rings. The molecule has 17 heavy (non-hydrogen) atoms. The minimum absolute atomic E-state index is 0.0135. The van der Waals surface area contributed by atoms with Gasteiger partial charge in [-0.1, -0.05) is 5.16 Å². The lowest BCUT2D eigenvalue weighted by Gasteiger charge is -2.05. The normalized spacial score (nSPS) is 14.2. The fraction of sp³-hybridized carbons (Fsp3) is 0.778. The van der Waals surface area contributed by atoms with Crippen LogP contribution in [0.5, 0.6) is 0 Å². The van der Waals surface area contributed by atoms with Crippen LogP contribution in [0.15, 0.2) is 4.52 Å². The number of sulfone groups is 1. The molecule has 1 atom stereocenters. The molecule has 0 aromatic carbocycles. The second-order valence-electron chi connectivity index (χ2n) is 4.31. The Kier molecular flexibility index (Phi) is 4.61. The molecule has 0 bridgehead atoms. The summed E-state index contributed by atoms with van der Waals surface area (Å²) >= 11 is 0. The van der Waals surface area contributed by atoms with Crippen LogP contribution in [0.3, 0.4) is 0 Å². The Bertz CT molecular complexity index is 455. The molecule has 98 valence electrons. The van der Waals surface area contributed by atoms with E-state index in [1.54, 1.807) is 0 Å². The third-order valence-corrected chi connectivity index (χ3v) is 3.04. The minimum atomic E-state index is -3.02. The maximum absolute atomic E-state index is 11.0. The lowest BCUT2D eigenvalue weighted by molar-refractivity contribution is 0.335. The van der Waals surface area contributed by atoms with E-state index in [1.165, 1.54) is 6.26 Å². The Balaban J connectivity index is 2.57. The van der Waals surface area contributed by atoms with Crippen molar-refractivity contribution in [3.05, 3.63) is 11.7 Å². The van der Waals surface area contributed by atoms with Crippen molar-refractivity contribution in [2.24, 2.45) is 5.73 Å². The van der Waals surface area contributed by atoms with Crippen molar-refractivity contribution in [1.82, 2.24) is 15.0 Å². The van der Waals surface area contributed by atoms with Crippen molar-refractivity contribution < 1.29 is 12.9 Å². The first kappa shape index (κ1) is 14.1. The molecule has 0 aliphatic carbocycles. The summed E-state index contributed by atoms with van der Waals surface area (Å²) in [4.78, 5) is 6.01. The number of rotatable bonds is 6. The zero-order valence-electron chi connectivity index (χ0n) is 10.3. The molecular formula is C9H18N4O3S. The summed E-state index contributed by atoms with van der Waals surface area (Å²) in [5.41, 5.74) is 5.77. The molecule has 1 unspecified atom stereocenters. The Morgan fingerprint density at radius 2 is 2.12 bits per heavy atom. The van der Waals surface area contributed by atoms with Crippen LogP contribution in [-0.4, -0.2) is 49.6 Å². The molecule has 8 heteroatoms. The zero-order valence-corrected chi connectivity index (χ0v) is 11.1. The first-order valence-electron chi connectivity index (χ1n) is 5.18. The molecule has 0 spiro atoms. The highest BCUT2D eigenvalue weighted by Gasteiger charge is 2.17. The molecule has 1 heterocycles. The van der Waals surface area contributed by atoms with Gasteiger partial charge in [-0.05, 0) is 20.5 Å². The van der Waals surface area contributed by atoms with E-state index in [0.717, 1.165) is 0 Å². The molecule has 0 aliphatic heterocycles. The molecule has 0 amide bonds. The summed E-state index contributed by atoms with van der Waals surface area (Å²) in [6.07, 6.45) is 1.45. The Hall–Kier alpha value is -0.990. The predicted molar refractivity (Wildman–Crippen MR) is 62.9 cm³/mol. The monoisotopic (exact) mass is 262 g/mol. The van der Waals surface area contributed by atoms with Gasteiger partial charge >= 0.3 is 0 Å². The van der Waals surface area contributed by atoms with E-state index in [0.29, 0.717) is 12.4 Å². The van der Waals surface area contributed by atoms with Crippen LogP contribution in [0.4, 0.5) is 0 Å². The van der Waals surface area contributed by atoms with Crippen molar-refractivity contribution in [3.8, 4) is 0 Å². The molecule has 7 nitrogen and oxygen atoms in total. The Morgan fingerprint density at radius 3 is 2.65 bits per heavy atom. The van der Waals surface area contributed by atoms with Crippen LogP contribution in [-0.2, 0) is 16.4 Å². The van der Waals surface area contributed by atoms with Gasteiger partial charge in [0.2, 0.25) is 5.89 Å². The molecule has 0 saturated carbocycles. The smallest absolute Gasteiger partial charge is 0.243 e. The quantitative estimate of drug-likeness (QED) is 0.741. The van der Waals surface area contributed by atoms with E-state index in [4.69, 9.17) is 10.3 Å². The van der Waals surface area contributed by atoms with Gasteiger partial charge in [-0.3, -0.25) is 0 Å². The Morgan fingerprint density at radius 1 is 1.47 bits per heavy atom. The highest BCUT2D eigenvalue weighted by molar-refractivity contribution is 7.90. The highest BCUT2D eigenvalue weighted by Crippen LogP contribution is 2.12. The summed E-state index contributed by atoms with van der Waals surface area (Å²) in [6.45, 7) is 0.558. The van der Waals surface area contributed by atoms with Gasteiger partial charge in [-0.25, -0.2) is 8.42 Å². The molecule has 1 aromatic heterocycles. The first-order chi connectivity index (χ1) is 7.78. The average molecular weight is 262 g/mol. The van der Waals surface area contributed by atoms with Crippen LogP contribution >= 0.6 is 0 Å². The second-order valence-corrected chi connectivity index (χ2v) is 6.57. The second kappa shape index (κ2) is 5.56. The molecule has 0 radical (unpaired) electrons. The number of nitrogens with two attached hydrogens (primary N) is 1. The van der Waals surface area contributed by atoms with Crippen molar-refractivity contribution >= 4 is 9.84 Å². The largest absolute Gasteiger partial charge is 0.338 e. The first-order valence-corrected chi connectivity index (χ1v) is 7.24. The fourth-order valence-electron chi connectivity index (χ4n) is 1.23. The lowest BCUT2D eigenvalue weighted by atomic mass is 10.2. The molecule has 0 saturated heterocycles. The standard InChI is InChI=1S/C9H18N4O3S/c1-13(2)6-8-11-9(16-12-8)7(10)4-5-17(3,14)15/h7H,4-6,10H2,1-3H3. The number of hydrogen-bond donors (Lipinski definition) is 1. The van der Waals surface area contributed by atoms with E-state index in [1.807, 2.05) is 19.0 Å². The van der Waals surface area contributed by atoms with Crippen molar-refractivity contribution in [1.29, 1.82) is 0 Å². The SMILES string of the molecule is CN(C)Cc1noc(C(N)CCS(C)(=O)=O)n1. The van der Waals surface area contributed by atoms with Gasteiger partial charge in [-0.2, -0.15) is 4.98 Å². The maximum atomic E-state index is 11.0. The van der Waals surface area contributed by atoms with E-state index in [2.05, 4.69) is 10.1 Å². The van der Waals surface area contributed by atoms with Gasteiger partial charge in [0.1, 0.15) is 9.84 Å². The summed E-state index contributed by atoms with van der Waals surface area (Å²) < 4.78 is 27.0. The van der Waals surface area contributed by atoms with Gasteiger partial charge in [0.15, 0.2) is 5.82 Å². The van der Waals surface area contributed by atoms with Crippen molar-refractivity contribution in [3.63, 3.8) is 0 Å². The van der Waals surface area contributed by atoms with Crippen LogP contribution < -0.4 is 5.73 Å². The van der Waals surface area contributed by atoms with Crippen LogP contribution in [0.1, 0.15) is 24.2 Å². The third kappa shape index (κ3) is 5.24. The number of aromatic nitrogens is 2. The zero-order chi connectivity index (χ0) is 13.1. The number of hydrogen-bond acceptors (Lipinski definition) is 7. The average Bonchev–Trinajstić information content (AvgIpc) is 2.60. The molecule has 1 rings (SSSR count). The topological polar surface area (TPSA) is 102 Å². The fourth-order valence-corrected chi connectivity index (χ4v) is 1.91. The summed E-state index contributed by atoms with van der Waals surface area (Å²) in [6, 6.07) is -0.534.